The van der Waals surface area contributed by atoms with Crippen molar-refractivity contribution in [2.45, 2.75) is 26.1 Å². The lowest BCUT2D eigenvalue weighted by atomic mass is 10.2. The van der Waals surface area contributed by atoms with Crippen molar-refractivity contribution in [3.63, 3.8) is 0 Å². The zero-order chi connectivity index (χ0) is 18.2. The molecule has 1 amide bonds. The number of benzene rings is 1. The zero-order valence-electron chi connectivity index (χ0n) is 14.0. The van der Waals surface area contributed by atoms with Crippen LogP contribution in [-0.4, -0.2) is 41.7 Å². The van der Waals surface area contributed by atoms with E-state index in [0.717, 1.165) is 11.3 Å². The van der Waals surface area contributed by atoms with E-state index in [0.29, 0.717) is 24.6 Å². The molecule has 0 aliphatic rings. The van der Waals surface area contributed by atoms with E-state index in [1.807, 2.05) is 24.3 Å². The average Bonchev–Trinajstić information content (AvgIpc) is 3.09. The Balaban J connectivity index is 1.73. The quantitative estimate of drug-likeness (QED) is 0.707. The highest BCUT2D eigenvalue weighted by molar-refractivity contribution is 7.09. The summed E-state index contributed by atoms with van der Waals surface area (Å²) in [5.74, 6) is -0.536. The van der Waals surface area contributed by atoms with Gasteiger partial charge in [0.05, 0.1) is 18.7 Å². The first-order chi connectivity index (χ1) is 12.0. The molecule has 0 bridgehead atoms. The van der Waals surface area contributed by atoms with Crippen molar-refractivity contribution in [2.75, 3.05) is 13.7 Å². The molecule has 0 saturated heterocycles. The molecule has 1 aromatic heterocycles. The highest BCUT2D eigenvalue weighted by atomic mass is 32.1. The van der Waals surface area contributed by atoms with Crippen LogP contribution in [0.1, 0.15) is 28.0 Å². The Morgan fingerprint density at radius 1 is 1.40 bits per heavy atom. The van der Waals surface area contributed by atoms with Gasteiger partial charge in [-0.05, 0) is 24.6 Å². The fraction of sp³-hybridized carbons (Fsp3) is 0.353. The number of thiazole rings is 1. The maximum atomic E-state index is 12.0. The van der Waals surface area contributed by atoms with Crippen molar-refractivity contribution in [2.24, 2.45) is 0 Å². The summed E-state index contributed by atoms with van der Waals surface area (Å²) in [5, 5.41) is 13.7. The average molecular weight is 364 g/mol. The van der Waals surface area contributed by atoms with Gasteiger partial charge in [-0.15, -0.1) is 11.3 Å². The summed E-state index contributed by atoms with van der Waals surface area (Å²) >= 11 is 1.26. The van der Waals surface area contributed by atoms with Gasteiger partial charge in [-0.25, -0.2) is 9.78 Å². The molecule has 25 heavy (non-hydrogen) atoms. The molecule has 2 N–H and O–H groups in total. The number of nitrogens with one attached hydrogen (secondary N) is 1. The van der Waals surface area contributed by atoms with Gasteiger partial charge >= 0.3 is 5.97 Å². The maximum absolute atomic E-state index is 12.0. The number of ether oxygens (including phenoxy) is 2. The minimum absolute atomic E-state index is 0.0290. The molecule has 1 aromatic carbocycles. The molecule has 0 aliphatic heterocycles. The Kier molecular flexibility index (Phi) is 6.91. The molecule has 1 unspecified atom stereocenters. The first kappa shape index (κ1) is 18.9. The normalized spacial score (nSPS) is 11.8. The van der Waals surface area contributed by atoms with Gasteiger partial charge in [0.15, 0.2) is 5.69 Å². The zero-order valence-corrected chi connectivity index (χ0v) is 14.8. The van der Waals surface area contributed by atoms with E-state index in [4.69, 9.17) is 14.6 Å². The van der Waals surface area contributed by atoms with Crippen molar-refractivity contribution in [1.29, 1.82) is 0 Å². The highest BCUT2D eigenvalue weighted by Gasteiger charge is 2.14. The number of carbonyl (C=O) groups excluding carboxylic acids is 1. The first-order valence-electron chi connectivity index (χ1n) is 7.69. The summed E-state index contributed by atoms with van der Waals surface area (Å²) in [7, 11) is 1.60. The molecule has 1 atom stereocenters. The topological polar surface area (TPSA) is 97.8 Å². The molecule has 7 nitrogen and oxygen atoms in total. The molecule has 0 aliphatic carbocycles. The minimum Gasteiger partial charge on any atom is -0.497 e. The van der Waals surface area contributed by atoms with E-state index < -0.39 is 12.1 Å². The molecule has 0 fully saturated rings. The van der Waals surface area contributed by atoms with Crippen LogP contribution in [0.25, 0.3) is 0 Å². The molecule has 0 radical (unpaired) electrons. The van der Waals surface area contributed by atoms with E-state index in [9.17, 15) is 9.59 Å². The van der Waals surface area contributed by atoms with Gasteiger partial charge in [0.1, 0.15) is 11.9 Å². The molecule has 2 aromatic rings. The van der Waals surface area contributed by atoms with Crippen molar-refractivity contribution in [1.82, 2.24) is 10.3 Å². The largest absolute Gasteiger partial charge is 0.497 e. The van der Waals surface area contributed by atoms with Gasteiger partial charge in [0, 0.05) is 18.3 Å². The number of rotatable bonds is 9. The number of hydrogen-bond donors (Lipinski definition) is 2. The molecule has 134 valence electrons. The van der Waals surface area contributed by atoms with Crippen molar-refractivity contribution < 1.29 is 24.2 Å². The SMILES string of the molecule is COc1cccc(COC(C)C(=O)NCCc2nc(C(=O)O)cs2)c1. The smallest absolute Gasteiger partial charge is 0.355 e. The third-order valence-corrected chi connectivity index (χ3v) is 4.32. The molecular weight excluding hydrogens is 344 g/mol. The van der Waals surface area contributed by atoms with Crippen LogP contribution >= 0.6 is 11.3 Å². The summed E-state index contributed by atoms with van der Waals surface area (Å²) in [6, 6.07) is 7.46. The first-order valence-corrected chi connectivity index (χ1v) is 8.57. The van der Waals surface area contributed by atoms with Crippen molar-refractivity contribution in [3.8, 4) is 5.75 Å². The Morgan fingerprint density at radius 3 is 2.88 bits per heavy atom. The van der Waals surface area contributed by atoms with Crippen molar-refractivity contribution in [3.05, 3.63) is 45.9 Å². The van der Waals surface area contributed by atoms with E-state index in [1.165, 1.54) is 16.7 Å². The minimum atomic E-state index is -1.05. The molecule has 0 saturated carbocycles. The van der Waals surface area contributed by atoms with Crippen LogP contribution in [0.3, 0.4) is 0 Å². The van der Waals surface area contributed by atoms with Crippen LogP contribution in [-0.2, 0) is 22.6 Å². The van der Waals surface area contributed by atoms with Gasteiger partial charge in [-0.3, -0.25) is 4.79 Å². The summed E-state index contributed by atoms with van der Waals surface area (Å²) in [6.07, 6.45) is -0.121. The fourth-order valence-electron chi connectivity index (χ4n) is 2.02. The Bertz CT molecular complexity index is 731. The number of amides is 1. The van der Waals surface area contributed by atoms with Crippen LogP contribution < -0.4 is 10.1 Å². The van der Waals surface area contributed by atoms with Crippen LogP contribution in [0.5, 0.6) is 5.75 Å². The van der Waals surface area contributed by atoms with Gasteiger partial charge in [-0.2, -0.15) is 0 Å². The van der Waals surface area contributed by atoms with E-state index >= 15 is 0 Å². The van der Waals surface area contributed by atoms with Crippen LogP contribution in [0, 0.1) is 0 Å². The predicted octanol–water partition coefficient (Wildman–Crippen LogP) is 2.11. The number of hydrogen-bond acceptors (Lipinski definition) is 6. The summed E-state index contributed by atoms with van der Waals surface area (Å²) in [4.78, 5) is 26.8. The van der Waals surface area contributed by atoms with Gasteiger partial charge in [0.2, 0.25) is 5.91 Å². The molecule has 1 heterocycles. The van der Waals surface area contributed by atoms with Gasteiger partial charge in [0.25, 0.3) is 0 Å². The Morgan fingerprint density at radius 2 is 2.20 bits per heavy atom. The number of methoxy groups -OCH3 is 1. The number of carbonyl (C=O) groups is 2. The third-order valence-electron chi connectivity index (χ3n) is 3.41. The van der Waals surface area contributed by atoms with E-state index in [2.05, 4.69) is 10.3 Å². The van der Waals surface area contributed by atoms with Crippen LogP contribution in [0.2, 0.25) is 0 Å². The lowest BCUT2D eigenvalue weighted by Gasteiger charge is -2.13. The number of aromatic nitrogens is 1. The standard InChI is InChI=1S/C17H20N2O5S/c1-11(24-9-12-4-3-5-13(8-12)23-2)16(20)18-7-6-15-19-14(10-25-15)17(21)22/h3-5,8,10-11H,6-7,9H2,1-2H3,(H,18,20)(H,21,22). The number of aromatic carboxylic acids is 1. The summed E-state index contributed by atoms with van der Waals surface area (Å²) in [6.45, 7) is 2.36. The number of nitrogens with zero attached hydrogens (tertiary/aromatic N) is 1. The summed E-state index contributed by atoms with van der Waals surface area (Å²) in [5.41, 5.74) is 0.948. The fourth-order valence-corrected chi connectivity index (χ4v) is 2.79. The second kappa shape index (κ2) is 9.14. The van der Waals surface area contributed by atoms with Crippen LogP contribution in [0.15, 0.2) is 29.6 Å². The lowest BCUT2D eigenvalue weighted by molar-refractivity contribution is -0.132. The van der Waals surface area contributed by atoms with Crippen molar-refractivity contribution >= 4 is 23.2 Å². The molecule has 8 heteroatoms. The van der Waals surface area contributed by atoms with E-state index in [1.54, 1.807) is 14.0 Å². The lowest BCUT2D eigenvalue weighted by Crippen LogP contribution is -2.35. The summed E-state index contributed by atoms with van der Waals surface area (Å²) < 4.78 is 10.7. The van der Waals surface area contributed by atoms with Crippen LogP contribution in [0.4, 0.5) is 0 Å². The monoisotopic (exact) mass is 364 g/mol. The maximum Gasteiger partial charge on any atom is 0.355 e. The second-order valence-electron chi connectivity index (χ2n) is 5.28. The number of carboxylic acids is 1. The second-order valence-corrected chi connectivity index (χ2v) is 6.22. The molecule has 0 spiro atoms. The highest BCUT2D eigenvalue weighted by Crippen LogP contribution is 2.14. The van der Waals surface area contributed by atoms with Gasteiger partial charge < -0.3 is 19.9 Å². The number of carboxylic acid groups (broad SMARTS) is 1. The Labute approximate surface area is 149 Å². The molecule has 2 rings (SSSR count). The predicted molar refractivity (Wildman–Crippen MR) is 93.0 cm³/mol. The molecular formula is C17H20N2O5S. The third kappa shape index (κ3) is 5.84. The van der Waals surface area contributed by atoms with E-state index in [-0.39, 0.29) is 11.6 Å². The van der Waals surface area contributed by atoms with Gasteiger partial charge in [-0.1, -0.05) is 12.1 Å². The Hall–Kier alpha value is -2.45.